The molecule has 0 spiro atoms. The third-order valence-electron chi connectivity index (χ3n) is 3.63. The topological polar surface area (TPSA) is 122 Å². The van der Waals surface area contributed by atoms with Crippen LogP contribution >= 0.6 is 0 Å². The van der Waals surface area contributed by atoms with Gasteiger partial charge in [0, 0.05) is 13.7 Å². The molecule has 1 amide bonds. The van der Waals surface area contributed by atoms with Crippen molar-refractivity contribution in [1.82, 2.24) is 10.0 Å². The first-order valence-electron chi connectivity index (χ1n) is 7.72. The normalized spacial score (nSPS) is 12.6. The van der Waals surface area contributed by atoms with E-state index in [1.54, 1.807) is 18.2 Å². The van der Waals surface area contributed by atoms with E-state index >= 15 is 0 Å². The number of amides is 1. The fourth-order valence-electron chi connectivity index (χ4n) is 2.08. The molecule has 0 heterocycles. The van der Waals surface area contributed by atoms with Gasteiger partial charge in [0.25, 0.3) is 0 Å². The van der Waals surface area contributed by atoms with Crippen LogP contribution in [-0.4, -0.2) is 51.4 Å². The number of aryl methyl sites for hydroxylation is 2. The standard InChI is InChI=1S/C16H24N2O6S/c1-11-5-6-13(9-12(11)2)15(16(20)21)18-14(19)10-17-25(22,23)8-4-7-24-3/h5-6,9,15,17H,4,7-8,10H2,1-3H3,(H,18,19)(H,20,21). The highest BCUT2D eigenvalue weighted by Crippen LogP contribution is 2.17. The van der Waals surface area contributed by atoms with Gasteiger partial charge in [-0.1, -0.05) is 18.2 Å². The van der Waals surface area contributed by atoms with Crippen LogP contribution in [0.4, 0.5) is 0 Å². The molecule has 0 radical (unpaired) electrons. The average molecular weight is 372 g/mol. The Morgan fingerprint density at radius 2 is 1.92 bits per heavy atom. The summed E-state index contributed by atoms with van der Waals surface area (Å²) in [6, 6.07) is 3.83. The number of hydrogen-bond donors (Lipinski definition) is 3. The van der Waals surface area contributed by atoms with Crippen molar-refractivity contribution < 1.29 is 27.9 Å². The highest BCUT2D eigenvalue weighted by Gasteiger charge is 2.23. The van der Waals surface area contributed by atoms with Gasteiger partial charge < -0.3 is 15.2 Å². The van der Waals surface area contributed by atoms with Crippen LogP contribution in [0.5, 0.6) is 0 Å². The highest BCUT2D eigenvalue weighted by atomic mass is 32.2. The maximum atomic E-state index is 11.9. The van der Waals surface area contributed by atoms with Crippen molar-refractivity contribution in [3.8, 4) is 0 Å². The van der Waals surface area contributed by atoms with E-state index in [4.69, 9.17) is 4.74 Å². The molecule has 3 N–H and O–H groups in total. The number of benzene rings is 1. The lowest BCUT2D eigenvalue weighted by molar-refractivity contribution is -0.141. The van der Waals surface area contributed by atoms with Crippen LogP contribution < -0.4 is 10.0 Å². The Bertz CT molecular complexity index is 717. The van der Waals surface area contributed by atoms with Crippen LogP contribution in [0, 0.1) is 13.8 Å². The quantitative estimate of drug-likeness (QED) is 0.514. The van der Waals surface area contributed by atoms with Crippen LogP contribution in [-0.2, 0) is 24.3 Å². The first kappa shape index (κ1) is 21.1. The minimum Gasteiger partial charge on any atom is -0.479 e. The largest absolute Gasteiger partial charge is 0.479 e. The van der Waals surface area contributed by atoms with E-state index in [0.717, 1.165) is 11.1 Å². The van der Waals surface area contributed by atoms with Crippen molar-refractivity contribution in [1.29, 1.82) is 0 Å². The lowest BCUT2D eigenvalue weighted by Gasteiger charge is -2.16. The Morgan fingerprint density at radius 1 is 1.24 bits per heavy atom. The summed E-state index contributed by atoms with van der Waals surface area (Å²) < 4.78 is 30.4. The van der Waals surface area contributed by atoms with E-state index in [2.05, 4.69) is 10.0 Å². The van der Waals surface area contributed by atoms with Crippen LogP contribution in [0.2, 0.25) is 0 Å². The maximum Gasteiger partial charge on any atom is 0.330 e. The maximum absolute atomic E-state index is 11.9. The second-order valence-electron chi connectivity index (χ2n) is 5.67. The van der Waals surface area contributed by atoms with Gasteiger partial charge in [0.2, 0.25) is 15.9 Å². The smallest absolute Gasteiger partial charge is 0.330 e. The third kappa shape index (κ3) is 7.20. The summed E-state index contributed by atoms with van der Waals surface area (Å²) in [6.45, 7) is 3.50. The Labute approximate surface area is 147 Å². The Kier molecular flexibility index (Phi) is 8.01. The molecule has 8 nitrogen and oxygen atoms in total. The van der Waals surface area contributed by atoms with Crippen molar-refractivity contribution in [3.05, 3.63) is 34.9 Å². The number of nitrogens with one attached hydrogen (secondary N) is 2. The van der Waals surface area contributed by atoms with E-state index in [1.807, 2.05) is 13.8 Å². The number of ether oxygens (including phenoxy) is 1. The number of carbonyl (C=O) groups excluding carboxylic acids is 1. The molecule has 9 heteroatoms. The van der Waals surface area contributed by atoms with Crippen LogP contribution in [0.15, 0.2) is 18.2 Å². The zero-order chi connectivity index (χ0) is 19.0. The molecule has 140 valence electrons. The Balaban J connectivity index is 2.68. The fraction of sp³-hybridized carbons (Fsp3) is 0.500. The molecule has 0 aliphatic heterocycles. The average Bonchev–Trinajstić information content (AvgIpc) is 2.53. The first-order valence-corrected chi connectivity index (χ1v) is 9.37. The Morgan fingerprint density at radius 3 is 2.48 bits per heavy atom. The molecule has 0 saturated heterocycles. The van der Waals surface area contributed by atoms with Gasteiger partial charge in [-0.05, 0) is 37.0 Å². The van der Waals surface area contributed by atoms with Gasteiger partial charge in [-0.3, -0.25) is 4.79 Å². The number of methoxy groups -OCH3 is 1. The molecule has 0 saturated carbocycles. The molecular weight excluding hydrogens is 348 g/mol. The summed E-state index contributed by atoms with van der Waals surface area (Å²) in [5.74, 6) is -2.12. The monoisotopic (exact) mass is 372 g/mol. The summed E-state index contributed by atoms with van der Waals surface area (Å²) in [5, 5.41) is 11.7. The van der Waals surface area contributed by atoms with Gasteiger partial charge in [-0.15, -0.1) is 0 Å². The molecule has 1 rings (SSSR count). The number of sulfonamides is 1. The highest BCUT2D eigenvalue weighted by molar-refractivity contribution is 7.89. The predicted molar refractivity (Wildman–Crippen MR) is 92.7 cm³/mol. The lowest BCUT2D eigenvalue weighted by Crippen LogP contribution is -2.41. The van der Waals surface area contributed by atoms with E-state index in [-0.39, 0.29) is 5.75 Å². The SMILES string of the molecule is COCCCS(=O)(=O)NCC(=O)NC(C(=O)O)c1ccc(C)c(C)c1. The van der Waals surface area contributed by atoms with Crippen molar-refractivity contribution in [2.45, 2.75) is 26.3 Å². The van der Waals surface area contributed by atoms with Gasteiger partial charge in [0.15, 0.2) is 6.04 Å². The Hall–Kier alpha value is -1.97. The molecule has 0 fully saturated rings. The van der Waals surface area contributed by atoms with Gasteiger partial charge in [-0.2, -0.15) is 0 Å². The summed E-state index contributed by atoms with van der Waals surface area (Å²) in [5.41, 5.74) is 2.33. The second-order valence-corrected chi connectivity index (χ2v) is 7.60. The molecule has 0 bridgehead atoms. The second kappa shape index (κ2) is 9.50. The molecule has 25 heavy (non-hydrogen) atoms. The number of aliphatic carboxylic acids is 1. The zero-order valence-corrected chi connectivity index (χ0v) is 15.4. The van der Waals surface area contributed by atoms with Gasteiger partial charge >= 0.3 is 5.97 Å². The lowest BCUT2D eigenvalue weighted by atomic mass is 10.0. The number of hydrogen-bond acceptors (Lipinski definition) is 5. The molecule has 1 aromatic carbocycles. The van der Waals surface area contributed by atoms with Crippen molar-refractivity contribution >= 4 is 21.9 Å². The van der Waals surface area contributed by atoms with Gasteiger partial charge in [0.1, 0.15) is 0 Å². The van der Waals surface area contributed by atoms with E-state index in [9.17, 15) is 23.1 Å². The molecular formula is C16H24N2O6S. The molecule has 0 aromatic heterocycles. The molecule has 0 aliphatic rings. The van der Waals surface area contributed by atoms with Crippen LogP contribution in [0.1, 0.15) is 29.2 Å². The first-order chi connectivity index (χ1) is 11.7. The fourth-order valence-corrected chi connectivity index (χ4v) is 3.08. The van der Waals surface area contributed by atoms with E-state index in [0.29, 0.717) is 18.6 Å². The number of carboxylic acid groups (broad SMARTS) is 1. The molecule has 1 aromatic rings. The summed E-state index contributed by atoms with van der Waals surface area (Å²) >= 11 is 0. The summed E-state index contributed by atoms with van der Waals surface area (Å²) in [7, 11) is -2.16. The summed E-state index contributed by atoms with van der Waals surface area (Å²) in [4.78, 5) is 23.4. The van der Waals surface area contributed by atoms with Crippen molar-refractivity contribution in [3.63, 3.8) is 0 Å². The molecule has 1 unspecified atom stereocenters. The number of carbonyl (C=O) groups is 2. The number of rotatable bonds is 10. The zero-order valence-electron chi connectivity index (χ0n) is 14.5. The van der Waals surface area contributed by atoms with Crippen LogP contribution in [0.25, 0.3) is 0 Å². The van der Waals surface area contributed by atoms with Crippen molar-refractivity contribution in [2.75, 3.05) is 26.0 Å². The van der Waals surface area contributed by atoms with Crippen molar-refractivity contribution in [2.24, 2.45) is 0 Å². The van der Waals surface area contributed by atoms with Gasteiger partial charge in [0.05, 0.1) is 12.3 Å². The van der Waals surface area contributed by atoms with Crippen LogP contribution in [0.3, 0.4) is 0 Å². The molecule has 1 atom stereocenters. The minimum atomic E-state index is -3.62. The molecule has 0 aliphatic carbocycles. The van der Waals surface area contributed by atoms with E-state index in [1.165, 1.54) is 7.11 Å². The van der Waals surface area contributed by atoms with E-state index < -0.39 is 34.5 Å². The number of carboxylic acids is 1. The van der Waals surface area contributed by atoms with Gasteiger partial charge in [-0.25, -0.2) is 17.9 Å². The predicted octanol–water partition coefficient (Wildman–Crippen LogP) is 0.501. The third-order valence-corrected chi connectivity index (χ3v) is 5.04. The summed E-state index contributed by atoms with van der Waals surface area (Å²) in [6.07, 6.45) is 0.299. The minimum absolute atomic E-state index is 0.173.